The molecule has 0 spiro atoms. The summed E-state index contributed by atoms with van der Waals surface area (Å²) in [6.45, 7) is 1.50. The molecule has 0 aliphatic heterocycles. The zero-order chi connectivity index (χ0) is 12.2. The molecule has 0 saturated heterocycles. The van der Waals surface area contributed by atoms with E-state index >= 15 is 0 Å². The van der Waals surface area contributed by atoms with Crippen LogP contribution in [0.3, 0.4) is 0 Å². The number of alkyl halides is 1. The molecule has 5 heteroatoms. The maximum absolute atomic E-state index is 11.9. The van der Waals surface area contributed by atoms with Gasteiger partial charge in [-0.15, -0.1) is 0 Å². The predicted molar refractivity (Wildman–Crippen MR) is 56.8 cm³/mol. The molecule has 0 fully saturated rings. The summed E-state index contributed by atoms with van der Waals surface area (Å²) in [5.41, 5.74) is 0.241. The average molecular weight is 245 g/mol. The minimum atomic E-state index is -1.99. The molecule has 0 N–H and O–H groups in total. The third-order valence-corrected chi connectivity index (χ3v) is 2.87. The van der Waals surface area contributed by atoms with E-state index in [1.165, 1.54) is 19.1 Å². The minimum absolute atomic E-state index is 0.0506. The van der Waals surface area contributed by atoms with E-state index in [1.54, 1.807) is 18.2 Å². The Kier molecular flexibility index (Phi) is 4.01. The zero-order valence-corrected chi connectivity index (χ0v) is 9.33. The van der Waals surface area contributed by atoms with Gasteiger partial charge in [-0.1, -0.05) is 48.9 Å². The molecule has 0 aromatic heterocycles. The van der Waals surface area contributed by atoms with E-state index in [9.17, 15) is 14.1 Å². The molecular weight excluding hydrogens is 235 g/mol. The van der Waals surface area contributed by atoms with Crippen LogP contribution in [-0.2, 0) is 9.74 Å². The molecule has 0 amide bonds. The van der Waals surface area contributed by atoms with Gasteiger partial charge >= 0.3 is 5.97 Å². The van der Waals surface area contributed by atoms with Crippen LogP contribution in [0.5, 0.6) is 0 Å². The number of ketones is 1. The van der Waals surface area contributed by atoms with Crippen LogP contribution < -0.4 is 0 Å². The number of halogens is 2. The van der Waals surface area contributed by atoms with Gasteiger partial charge in [0.25, 0.3) is 0 Å². The van der Waals surface area contributed by atoms with Crippen LogP contribution in [0, 0.1) is 0 Å². The summed E-state index contributed by atoms with van der Waals surface area (Å²) in [6, 6.07) is 7.97. The van der Waals surface area contributed by atoms with Crippen molar-refractivity contribution in [3.63, 3.8) is 0 Å². The molecule has 16 heavy (non-hydrogen) atoms. The molecule has 3 nitrogen and oxygen atoms in total. The van der Waals surface area contributed by atoms with Crippen LogP contribution in [0.1, 0.15) is 23.7 Å². The van der Waals surface area contributed by atoms with E-state index in [1.807, 2.05) is 0 Å². The van der Waals surface area contributed by atoms with Crippen molar-refractivity contribution in [1.82, 2.24) is 0 Å². The van der Waals surface area contributed by atoms with Crippen molar-refractivity contribution in [2.45, 2.75) is 18.2 Å². The average Bonchev–Trinajstić information content (AvgIpc) is 2.36. The molecule has 0 saturated carbocycles. The number of rotatable bonds is 4. The van der Waals surface area contributed by atoms with Crippen molar-refractivity contribution in [2.24, 2.45) is 0 Å². The number of carbonyl (C=O) groups is 2. The standard InChI is InChI=1S/C11H10ClFO3/c1-2-11(12,10(15)16-13)9(14)8-6-4-3-5-7-8/h3-7H,2H2,1H3. The van der Waals surface area contributed by atoms with Crippen LogP contribution in [0.2, 0.25) is 0 Å². The van der Waals surface area contributed by atoms with Gasteiger partial charge in [0.1, 0.15) is 0 Å². The molecule has 1 aromatic carbocycles. The van der Waals surface area contributed by atoms with Crippen LogP contribution in [0.4, 0.5) is 4.53 Å². The van der Waals surface area contributed by atoms with Crippen LogP contribution in [0.25, 0.3) is 0 Å². The normalized spacial score (nSPS) is 13.9. The molecule has 1 unspecified atom stereocenters. The van der Waals surface area contributed by atoms with Crippen LogP contribution >= 0.6 is 11.6 Å². The highest BCUT2D eigenvalue weighted by atomic mass is 35.5. The number of Topliss-reactive ketones (excluding diaryl/α,β-unsaturated/α-hetero) is 1. The SMILES string of the molecule is CCC(Cl)(C(=O)OF)C(=O)c1ccccc1. The second kappa shape index (κ2) is 5.07. The Morgan fingerprint density at radius 1 is 1.38 bits per heavy atom. The second-order valence-corrected chi connectivity index (χ2v) is 3.86. The third-order valence-electron chi connectivity index (χ3n) is 2.28. The molecule has 0 bridgehead atoms. The van der Waals surface area contributed by atoms with Gasteiger partial charge in [0.2, 0.25) is 4.87 Å². The summed E-state index contributed by atoms with van der Waals surface area (Å²) in [5.74, 6) is -2.05. The highest BCUT2D eigenvalue weighted by Crippen LogP contribution is 2.27. The maximum Gasteiger partial charge on any atom is 0.377 e. The molecule has 0 aliphatic rings. The maximum atomic E-state index is 11.9. The summed E-state index contributed by atoms with van der Waals surface area (Å²) < 4.78 is 11.9. The molecule has 0 aliphatic carbocycles. The summed E-state index contributed by atoms with van der Waals surface area (Å²) >= 11 is 5.80. The van der Waals surface area contributed by atoms with Crippen molar-refractivity contribution in [3.05, 3.63) is 35.9 Å². The van der Waals surface area contributed by atoms with Gasteiger partial charge in [-0.3, -0.25) is 9.74 Å². The first-order valence-corrected chi connectivity index (χ1v) is 5.05. The lowest BCUT2D eigenvalue weighted by atomic mass is 9.94. The van der Waals surface area contributed by atoms with Gasteiger partial charge in [-0.2, -0.15) is 0 Å². The van der Waals surface area contributed by atoms with E-state index in [0.29, 0.717) is 0 Å². The van der Waals surface area contributed by atoms with Crippen molar-refractivity contribution in [3.8, 4) is 0 Å². The van der Waals surface area contributed by atoms with E-state index in [4.69, 9.17) is 11.6 Å². The van der Waals surface area contributed by atoms with Crippen LogP contribution in [-0.4, -0.2) is 16.6 Å². The number of carbonyl (C=O) groups excluding carboxylic acids is 2. The lowest BCUT2D eigenvalue weighted by Crippen LogP contribution is -2.41. The number of benzene rings is 1. The van der Waals surface area contributed by atoms with E-state index in [-0.39, 0.29) is 12.0 Å². The minimum Gasteiger partial charge on any atom is -0.291 e. The first-order valence-electron chi connectivity index (χ1n) is 4.68. The molecule has 1 rings (SSSR count). The topological polar surface area (TPSA) is 43.4 Å². The Balaban J connectivity index is 3.07. The van der Waals surface area contributed by atoms with Gasteiger partial charge in [-0.05, 0) is 6.42 Å². The fourth-order valence-electron chi connectivity index (χ4n) is 1.28. The Hall–Kier alpha value is -1.42. The highest BCUT2D eigenvalue weighted by Gasteiger charge is 2.45. The van der Waals surface area contributed by atoms with Gasteiger partial charge in [0.15, 0.2) is 5.78 Å². The lowest BCUT2D eigenvalue weighted by Gasteiger charge is -2.18. The van der Waals surface area contributed by atoms with Gasteiger partial charge in [-0.25, -0.2) is 4.79 Å². The van der Waals surface area contributed by atoms with Crippen molar-refractivity contribution < 1.29 is 19.1 Å². The molecule has 0 radical (unpaired) electrons. The van der Waals surface area contributed by atoms with Crippen molar-refractivity contribution in [1.29, 1.82) is 0 Å². The number of hydrogen-bond acceptors (Lipinski definition) is 3. The van der Waals surface area contributed by atoms with Crippen molar-refractivity contribution in [2.75, 3.05) is 0 Å². The Morgan fingerprint density at radius 2 is 1.94 bits per heavy atom. The quantitative estimate of drug-likeness (QED) is 0.465. The summed E-state index contributed by atoms with van der Waals surface area (Å²) in [4.78, 5) is 24.1. The van der Waals surface area contributed by atoms with Gasteiger partial charge in [0.05, 0.1) is 0 Å². The Morgan fingerprint density at radius 3 is 2.38 bits per heavy atom. The fourth-order valence-corrected chi connectivity index (χ4v) is 1.42. The van der Waals surface area contributed by atoms with E-state index in [2.05, 4.69) is 4.94 Å². The first kappa shape index (κ1) is 12.6. The Labute approximate surface area is 97.1 Å². The zero-order valence-electron chi connectivity index (χ0n) is 8.57. The fraction of sp³-hybridized carbons (Fsp3) is 0.273. The Bertz CT molecular complexity index is 393. The summed E-state index contributed by atoms with van der Waals surface area (Å²) in [6.07, 6.45) is -0.0506. The van der Waals surface area contributed by atoms with E-state index < -0.39 is 16.6 Å². The summed E-state index contributed by atoms with van der Waals surface area (Å²) in [7, 11) is 0. The lowest BCUT2D eigenvalue weighted by molar-refractivity contribution is -0.185. The highest BCUT2D eigenvalue weighted by molar-refractivity contribution is 6.47. The molecule has 86 valence electrons. The molecule has 1 atom stereocenters. The largest absolute Gasteiger partial charge is 0.377 e. The monoisotopic (exact) mass is 244 g/mol. The predicted octanol–water partition coefficient (Wildman–Crippen LogP) is 2.68. The van der Waals surface area contributed by atoms with E-state index in [0.717, 1.165) is 0 Å². The molecule has 0 heterocycles. The third kappa shape index (κ3) is 2.22. The van der Waals surface area contributed by atoms with Gasteiger partial charge < -0.3 is 0 Å². The number of hydrogen-bond donors (Lipinski definition) is 0. The molecule has 1 aromatic rings. The molecular formula is C11H10ClFO3. The smallest absolute Gasteiger partial charge is 0.291 e. The van der Waals surface area contributed by atoms with Crippen molar-refractivity contribution >= 4 is 23.4 Å². The van der Waals surface area contributed by atoms with Gasteiger partial charge in [0, 0.05) is 10.1 Å². The van der Waals surface area contributed by atoms with Crippen LogP contribution in [0.15, 0.2) is 30.3 Å². The summed E-state index contributed by atoms with van der Waals surface area (Å²) in [5, 5.41) is 0. The first-order chi connectivity index (χ1) is 7.56. The second-order valence-electron chi connectivity index (χ2n) is 3.21.